The van der Waals surface area contributed by atoms with E-state index in [1.54, 1.807) is 13.2 Å². The first-order chi connectivity index (χ1) is 15.7. The van der Waals surface area contributed by atoms with Gasteiger partial charge in [0, 0.05) is 18.7 Å². The van der Waals surface area contributed by atoms with Gasteiger partial charge in [-0.15, -0.1) is 0 Å². The maximum atomic E-state index is 13.2. The van der Waals surface area contributed by atoms with Crippen molar-refractivity contribution in [3.8, 4) is 11.5 Å². The van der Waals surface area contributed by atoms with Gasteiger partial charge in [0.1, 0.15) is 17.3 Å². The van der Waals surface area contributed by atoms with Crippen LogP contribution in [0.5, 0.6) is 11.5 Å². The van der Waals surface area contributed by atoms with E-state index in [2.05, 4.69) is 0 Å². The molecule has 1 unspecified atom stereocenters. The molecule has 0 saturated carbocycles. The summed E-state index contributed by atoms with van der Waals surface area (Å²) in [7, 11) is 5.40. The minimum Gasteiger partial charge on any atom is -0.507 e. The molecule has 2 aromatic rings. The number of Topliss-reactive ketones (excluding diaryl/α,β-unsaturated/α-hetero) is 1. The number of amides is 1. The number of rotatable bonds is 8. The average molecular weight is 453 g/mol. The minimum absolute atomic E-state index is 0.0834. The molecule has 2 aromatic carbocycles. The molecule has 0 aromatic heterocycles. The van der Waals surface area contributed by atoms with Crippen molar-refractivity contribution in [2.75, 3.05) is 40.9 Å². The highest BCUT2D eigenvalue weighted by Gasteiger charge is 2.46. The van der Waals surface area contributed by atoms with Crippen molar-refractivity contribution in [1.82, 2.24) is 9.80 Å². The Morgan fingerprint density at radius 3 is 2.48 bits per heavy atom. The number of hydrogen-bond donors (Lipinski definition) is 1. The van der Waals surface area contributed by atoms with Crippen LogP contribution >= 0.6 is 0 Å². The second-order valence-electron chi connectivity index (χ2n) is 8.44. The number of methoxy groups -OCH3 is 1. The van der Waals surface area contributed by atoms with Gasteiger partial charge in [0.2, 0.25) is 0 Å². The molecule has 0 spiro atoms. The normalized spacial score (nSPS) is 17.7. The topological polar surface area (TPSA) is 79.3 Å². The molecule has 1 amide bonds. The summed E-state index contributed by atoms with van der Waals surface area (Å²) in [5, 5.41) is 11.4. The van der Waals surface area contributed by atoms with Gasteiger partial charge in [0.15, 0.2) is 0 Å². The summed E-state index contributed by atoms with van der Waals surface area (Å²) < 4.78 is 11.0. The Labute approximate surface area is 195 Å². The highest BCUT2D eigenvalue weighted by molar-refractivity contribution is 6.46. The number of ether oxygens (including phenoxy) is 2. The third-order valence-corrected chi connectivity index (χ3v) is 5.81. The van der Waals surface area contributed by atoms with Crippen molar-refractivity contribution >= 4 is 17.4 Å². The fourth-order valence-electron chi connectivity index (χ4n) is 4.12. The molecular formula is C26H32N2O5. The summed E-state index contributed by atoms with van der Waals surface area (Å²) in [6.07, 6.45) is 0. The summed E-state index contributed by atoms with van der Waals surface area (Å²) in [5.41, 5.74) is 2.87. The second kappa shape index (κ2) is 10.1. The van der Waals surface area contributed by atoms with E-state index in [-0.39, 0.29) is 11.3 Å². The standard InChI is InChI=1S/C26H32N2O5/c1-7-33-19-10-8-9-18(15-19)23-22(25(30)26(31)28(23)12-11-27(4)5)24(29)20-13-17(3)21(32-6)14-16(20)2/h8-10,13-15,23,29H,7,11-12H2,1-6H3/b24-22+. The van der Waals surface area contributed by atoms with Gasteiger partial charge in [-0.1, -0.05) is 12.1 Å². The molecule has 1 fully saturated rings. The molecule has 1 N–H and O–H groups in total. The van der Waals surface area contributed by atoms with E-state index < -0.39 is 17.7 Å². The fraction of sp³-hybridized carbons (Fsp3) is 0.385. The van der Waals surface area contributed by atoms with Gasteiger partial charge in [0.25, 0.3) is 11.7 Å². The van der Waals surface area contributed by atoms with Crippen LogP contribution < -0.4 is 9.47 Å². The predicted octanol–water partition coefficient (Wildman–Crippen LogP) is 3.69. The monoisotopic (exact) mass is 452 g/mol. The summed E-state index contributed by atoms with van der Waals surface area (Å²) in [6.45, 7) is 7.02. The summed E-state index contributed by atoms with van der Waals surface area (Å²) in [4.78, 5) is 29.8. The van der Waals surface area contributed by atoms with E-state index in [4.69, 9.17) is 9.47 Å². The number of ketones is 1. The summed E-state index contributed by atoms with van der Waals surface area (Å²) in [6, 6.07) is 10.2. The molecular weight excluding hydrogens is 420 g/mol. The van der Waals surface area contributed by atoms with Crippen molar-refractivity contribution in [3.05, 3.63) is 64.2 Å². The Kier molecular flexibility index (Phi) is 7.43. The number of benzene rings is 2. The van der Waals surface area contributed by atoms with Gasteiger partial charge in [-0.3, -0.25) is 9.59 Å². The first-order valence-electron chi connectivity index (χ1n) is 11.0. The number of carbonyl (C=O) groups is 2. The van der Waals surface area contributed by atoms with Crippen LogP contribution in [0.4, 0.5) is 0 Å². The van der Waals surface area contributed by atoms with Crippen LogP contribution in [0.1, 0.15) is 35.2 Å². The smallest absolute Gasteiger partial charge is 0.295 e. The van der Waals surface area contributed by atoms with Gasteiger partial charge >= 0.3 is 0 Å². The number of hydrogen-bond acceptors (Lipinski definition) is 6. The van der Waals surface area contributed by atoms with Crippen molar-refractivity contribution in [3.63, 3.8) is 0 Å². The lowest BCUT2D eigenvalue weighted by Gasteiger charge is -2.27. The van der Waals surface area contributed by atoms with Gasteiger partial charge in [-0.05, 0) is 75.8 Å². The van der Waals surface area contributed by atoms with Crippen LogP contribution in [0, 0.1) is 13.8 Å². The molecule has 3 rings (SSSR count). The highest BCUT2D eigenvalue weighted by atomic mass is 16.5. The number of likely N-dealkylation sites (tertiary alicyclic amines) is 1. The molecule has 33 heavy (non-hydrogen) atoms. The lowest BCUT2D eigenvalue weighted by molar-refractivity contribution is -0.140. The summed E-state index contributed by atoms with van der Waals surface area (Å²) in [5.74, 6) is -0.157. The van der Waals surface area contributed by atoms with Crippen LogP contribution in [0.25, 0.3) is 5.76 Å². The number of likely N-dealkylation sites (N-methyl/N-ethyl adjacent to an activating group) is 1. The van der Waals surface area contributed by atoms with Crippen LogP contribution in [0.15, 0.2) is 42.0 Å². The maximum absolute atomic E-state index is 13.2. The van der Waals surface area contributed by atoms with Crippen LogP contribution in [-0.4, -0.2) is 67.5 Å². The van der Waals surface area contributed by atoms with Crippen molar-refractivity contribution in [2.24, 2.45) is 0 Å². The number of aryl methyl sites for hydroxylation is 2. The molecule has 1 aliphatic rings. The molecule has 0 aliphatic carbocycles. The van der Waals surface area contributed by atoms with E-state index in [0.717, 1.165) is 11.1 Å². The molecule has 1 heterocycles. The van der Waals surface area contributed by atoms with E-state index in [9.17, 15) is 14.7 Å². The Morgan fingerprint density at radius 2 is 1.85 bits per heavy atom. The third kappa shape index (κ3) is 4.88. The lowest BCUT2D eigenvalue weighted by Crippen LogP contribution is -2.35. The van der Waals surface area contributed by atoms with E-state index in [1.165, 1.54) is 4.90 Å². The fourth-order valence-corrected chi connectivity index (χ4v) is 4.12. The first-order valence-corrected chi connectivity index (χ1v) is 11.0. The average Bonchev–Trinajstić information content (AvgIpc) is 3.03. The van der Waals surface area contributed by atoms with Gasteiger partial charge < -0.3 is 24.4 Å². The number of aliphatic hydroxyl groups is 1. The molecule has 0 bridgehead atoms. The summed E-state index contributed by atoms with van der Waals surface area (Å²) >= 11 is 0. The van der Waals surface area contributed by atoms with Crippen molar-refractivity contribution < 1.29 is 24.2 Å². The number of carbonyl (C=O) groups excluding carboxylic acids is 2. The largest absolute Gasteiger partial charge is 0.507 e. The van der Waals surface area contributed by atoms with Gasteiger partial charge in [0.05, 0.1) is 25.3 Å². The molecule has 1 aliphatic heterocycles. The van der Waals surface area contributed by atoms with E-state index >= 15 is 0 Å². The molecule has 1 saturated heterocycles. The lowest BCUT2D eigenvalue weighted by atomic mass is 9.93. The van der Waals surface area contributed by atoms with E-state index in [0.29, 0.717) is 42.3 Å². The van der Waals surface area contributed by atoms with Crippen LogP contribution in [-0.2, 0) is 9.59 Å². The van der Waals surface area contributed by atoms with Gasteiger partial charge in [-0.25, -0.2) is 0 Å². The first kappa shape index (κ1) is 24.3. The van der Waals surface area contributed by atoms with Crippen molar-refractivity contribution in [1.29, 1.82) is 0 Å². The Hall–Kier alpha value is -3.32. The number of aliphatic hydroxyl groups excluding tert-OH is 1. The zero-order valence-electron chi connectivity index (χ0n) is 20.1. The molecule has 7 heteroatoms. The molecule has 176 valence electrons. The number of nitrogens with zero attached hydrogens (tertiary/aromatic N) is 2. The SMILES string of the molecule is CCOc1cccc(C2/C(=C(\O)c3cc(C)c(OC)cc3C)C(=O)C(=O)N2CCN(C)C)c1. The third-order valence-electron chi connectivity index (χ3n) is 5.81. The predicted molar refractivity (Wildman–Crippen MR) is 128 cm³/mol. The van der Waals surface area contributed by atoms with E-state index in [1.807, 2.05) is 70.1 Å². The minimum atomic E-state index is -0.716. The Balaban J connectivity index is 2.20. The molecule has 7 nitrogen and oxygen atoms in total. The van der Waals surface area contributed by atoms with Crippen molar-refractivity contribution in [2.45, 2.75) is 26.8 Å². The molecule has 0 radical (unpaired) electrons. The zero-order valence-corrected chi connectivity index (χ0v) is 20.1. The van der Waals surface area contributed by atoms with Crippen LogP contribution in [0.3, 0.4) is 0 Å². The van der Waals surface area contributed by atoms with Crippen LogP contribution in [0.2, 0.25) is 0 Å². The van der Waals surface area contributed by atoms with Gasteiger partial charge in [-0.2, -0.15) is 0 Å². The Bertz CT molecular complexity index is 1090. The second-order valence-corrected chi connectivity index (χ2v) is 8.44. The quantitative estimate of drug-likeness (QED) is 0.374. The highest BCUT2D eigenvalue weighted by Crippen LogP contribution is 2.41. The molecule has 1 atom stereocenters. The zero-order chi connectivity index (χ0) is 24.3. The Morgan fingerprint density at radius 1 is 1.12 bits per heavy atom. The maximum Gasteiger partial charge on any atom is 0.295 e.